The van der Waals surface area contributed by atoms with E-state index in [1.165, 1.54) is 0 Å². The Hall–Kier alpha value is 2.86. The molecule has 15 nitrogen and oxygen atoms in total. The highest BCUT2D eigenvalue weighted by Gasteiger charge is 0.00729. The van der Waals surface area contributed by atoms with Crippen molar-refractivity contribution in [3.63, 3.8) is 0 Å². The quantitative estimate of drug-likeness (QED) is 0.297. The molecule has 0 amide bonds. The highest BCUT2D eigenvalue weighted by atomic mass is 28.1. The minimum Gasteiger partial charge on any atom is -0.870 e. The van der Waals surface area contributed by atoms with Gasteiger partial charge in [-0.25, -0.2) is 0 Å². The molecule has 146 valence electrons. The van der Waals surface area contributed by atoms with Gasteiger partial charge in [0.15, 0.2) is 0 Å². The van der Waals surface area contributed by atoms with E-state index in [0.29, 0.717) is 0 Å². The molecule has 0 aromatic rings. The fourth-order valence-corrected chi connectivity index (χ4v) is 0. The predicted octanol–water partition coefficient (Wildman–Crippen LogP) is -14.8. The Morgan fingerprint density at radius 3 is 0.217 bits per heavy atom. The Balaban J connectivity index is 0. The van der Waals surface area contributed by atoms with Crippen LogP contribution in [0.1, 0.15) is 0 Å². The van der Waals surface area contributed by atoms with Gasteiger partial charge in [-0.1, -0.05) is 0 Å². The highest BCUT2D eigenvalue weighted by molar-refractivity contribution is 5.76. The standard InChI is InChI=1S/2Al.2Mg.15H2O.4Si/h;;;;15*1H2;;;;/p-1. The first kappa shape index (κ1) is 1950. The summed E-state index contributed by atoms with van der Waals surface area (Å²) in [7, 11) is 0. The van der Waals surface area contributed by atoms with Gasteiger partial charge >= 0.3 is 0 Å². The molecular weight excluding hydrogens is 455 g/mol. The van der Waals surface area contributed by atoms with Gasteiger partial charge in [0.05, 0.1) is 0 Å². The molecule has 0 rings (SSSR count). The number of hydrogen-bond acceptors (Lipinski definition) is 1. The summed E-state index contributed by atoms with van der Waals surface area (Å²) in [5, 5.41) is 0. The molecule has 23 heteroatoms. The molecule has 0 aromatic carbocycles. The van der Waals surface area contributed by atoms with Crippen molar-refractivity contribution in [1.29, 1.82) is 0 Å². The second-order valence-corrected chi connectivity index (χ2v) is 0. The van der Waals surface area contributed by atoms with Crippen molar-refractivity contribution in [1.82, 2.24) is 0 Å². The van der Waals surface area contributed by atoms with Crippen LogP contribution in [0.4, 0.5) is 0 Å². The molecule has 0 saturated carbocycles. The lowest BCUT2D eigenvalue weighted by molar-refractivity contribution is 0.823. The average Bonchev–Trinajstić information content (AvgIpc) is 0. The summed E-state index contributed by atoms with van der Waals surface area (Å²) < 4.78 is 0. The number of hydrogen-bond donors (Lipinski definition) is 0. The van der Waals surface area contributed by atoms with Crippen LogP contribution in [0.15, 0.2) is 0 Å². The van der Waals surface area contributed by atoms with Crippen molar-refractivity contribution in [3.05, 3.63) is 0 Å². The Morgan fingerprint density at radius 1 is 0.217 bits per heavy atom. The van der Waals surface area contributed by atoms with Crippen LogP contribution in [0.2, 0.25) is 0 Å². The molecule has 0 spiro atoms. The average molecular weight is 484 g/mol. The molecular formula is H29Al2Mg2O15Si4-. The molecule has 0 aromatic heterocycles. The topological polar surface area (TPSA) is 471 Å². The van der Waals surface area contributed by atoms with E-state index in [9.17, 15) is 0 Å². The molecule has 0 unspecified atom stereocenters. The first-order chi connectivity index (χ1) is 0. The molecule has 0 aliphatic carbocycles. The maximum Gasteiger partial charge on any atom is 0 e. The van der Waals surface area contributed by atoms with Gasteiger partial charge in [0.1, 0.15) is 0 Å². The lowest BCUT2D eigenvalue weighted by Gasteiger charge is -0.870. The van der Waals surface area contributed by atoms with E-state index in [4.69, 9.17) is 0 Å². The summed E-state index contributed by atoms with van der Waals surface area (Å²) in [4.78, 5) is 0. The van der Waals surface area contributed by atoms with Crippen molar-refractivity contribution < 1.29 is 82.1 Å². The third-order valence-electron chi connectivity index (χ3n) is 0. The van der Waals surface area contributed by atoms with E-state index in [2.05, 4.69) is 0 Å². The SMILES string of the molecule is O.O.O.O.O.O.O.O.O.O.O.O.O.O.[Al].[Al].[Mg].[Mg].[OH-].[Si].[Si].[Si].[Si]. The molecule has 23 heavy (non-hydrogen) atoms. The summed E-state index contributed by atoms with van der Waals surface area (Å²) in [6.45, 7) is 0. The third-order valence-corrected chi connectivity index (χ3v) is 0. The van der Waals surface area contributed by atoms with E-state index in [0.717, 1.165) is 0 Å². The van der Waals surface area contributed by atoms with Crippen LogP contribution in [0.3, 0.4) is 0 Å². The van der Waals surface area contributed by atoms with Crippen LogP contribution in [-0.4, -0.2) is 207 Å². The summed E-state index contributed by atoms with van der Waals surface area (Å²) in [6, 6.07) is 0. The highest BCUT2D eigenvalue weighted by Crippen LogP contribution is -0.274. The zero-order valence-electron chi connectivity index (χ0n) is 12.0. The molecule has 0 atom stereocenters. The first-order valence-corrected chi connectivity index (χ1v) is 0. The Kier molecular flexibility index (Phi) is 146000. The van der Waals surface area contributed by atoms with Gasteiger partial charge in [-0.2, -0.15) is 0 Å². The maximum atomic E-state index is 0. The minimum atomic E-state index is 0. The Morgan fingerprint density at radius 2 is 0.217 bits per heavy atom. The Labute approximate surface area is 205 Å². The monoisotopic (exact) mass is 483 g/mol. The molecule has 0 aliphatic heterocycles. The minimum absolute atomic E-state index is 0. The molecule has 26 radical (unpaired) electrons. The van der Waals surface area contributed by atoms with Crippen LogP contribution < -0.4 is 0 Å². The fraction of sp³-hybridized carbons (Fsp3) is 0. The molecule has 0 heterocycles. The third kappa shape index (κ3) is 1580. The first-order valence-electron chi connectivity index (χ1n) is 0. The van der Waals surface area contributed by atoms with E-state index >= 15 is 0 Å². The van der Waals surface area contributed by atoms with E-state index in [-0.39, 0.29) is 207 Å². The fourth-order valence-electron chi connectivity index (χ4n) is 0. The van der Waals surface area contributed by atoms with E-state index < -0.39 is 0 Å². The van der Waals surface area contributed by atoms with Crippen LogP contribution in [-0.2, 0) is 0 Å². The number of rotatable bonds is 0. The van der Waals surface area contributed by atoms with Gasteiger partial charge in [0.2, 0.25) is 0 Å². The van der Waals surface area contributed by atoms with Crippen LogP contribution in [0, 0.1) is 0 Å². The van der Waals surface area contributed by atoms with Gasteiger partial charge < -0.3 is 82.1 Å². The summed E-state index contributed by atoms with van der Waals surface area (Å²) in [5.41, 5.74) is 0. The van der Waals surface area contributed by atoms with Crippen molar-refractivity contribution in [2.24, 2.45) is 0 Å². The van der Waals surface area contributed by atoms with Crippen molar-refractivity contribution in [2.45, 2.75) is 0 Å². The van der Waals surface area contributed by atoms with Gasteiger partial charge in [0, 0.05) is 125 Å². The smallest absolute Gasteiger partial charge is 0 e. The van der Waals surface area contributed by atoms with E-state index in [1.807, 2.05) is 0 Å². The molecule has 0 aliphatic rings. The van der Waals surface area contributed by atoms with Gasteiger partial charge in [-0.15, -0.1) is 0 Å². The van der Waals surface area contributed by atoms with Crippen molar-refractivity contribution >= 4 is 125 Å². The maximum absolute atomic E-state index is 0. The zero-order valence-corrected chi connectivity index (χ0v) is 21.2. The zero-order chi connectivity index (χ0) is 0. The van der Waals surface area contributed by atoms with Gasteiger partial charge in [-0.3, -0.25) is 0 Å². The van der Waals surface area contributed by atoms with Gasteiger partial charge in [-0.05, 0) is 0 Å². The molecule has 0 saturated heterocycles. The lowest BCUT2D eigenvalue weighted by Crippen LogP contribution is -0.382. The van der Waals surface area contributed by atoms with E-state index in [1.54, 1.807) is 0 Å². The summed E-state index contributed by atoms with van der Waals surface area (Å²) in [6.07, 6.45) is 0. The Bertz CT molecular complexity index is 33.4. The van der Waals surface area contributed by atoms with Crippen LogP contribution in [0.5, 0.6) is 0 Å². The predicted molar refractivity (Wildman–Crippen MR) is 98.6 cm³/mol. The second-order valence-electron chi connectivity index (χ2n) is 0. The molecule has 0 fully saturated rings. The lowest BCUT2D eigenvalue weighted by atomic mass is 16.0. The van der Waals surface area contributed by atoms with Gasteiger partial charge in [0.25, 0.3) is 0 Å². The van der Waals surface area contributed by atoms with Crippen LogP contribution >= 0.6 is 0 Å². The summed E-state index contributed by atoms with van der Waals surface area (Å²) >= 11 is 0. The normalized spacial score (nSPS) is 0. The van der Waals surface area contributed by atoms with Crippen LogP contribution in [0.25, 0.3) is 0 Å². The van der Waals surface area contributed by atoms with Crippen molar-refractivity contribution in [2.75, 3.05) is 0 Å². The summed E-state index contributed by atoms with van der Waals surface area (Å²) in [5.74, 6) is 0. The van der Waals surface area contributed by atoms with Crippen molar-refractivity contribution in [3.8, 4) is 0 Å². The molecule has 29 N–H and O–H groups in total. The molecule has 0 bridgehead atoms. The largest absolute Gasteiger partial charge is 0.870 e. The second kappa shape index (κ2) is 1730.